The van der Waals surface area contributed by atoms with Gasteiger partial charge in [-0.25, -0.2) is 9.97 Å². The summed E-state index contributed by atoms with van der Waals surface area (Å²) in [6.07, 6.45) is 4.45. The van der Waals surface area contributed by atoms with E-state index in [0.29, 0.717) is 12.0 Å². The van der Waals surface area contributed by atoms with Gasteiger partial charge in [-0.05, 0) is 28.9 Å². The fourth-order valence-electron chi connectivity index (χ4n) is 1.31. The lowest BCUT2D eigenvalue weighted by atomic mass is 10.0. The zero-order chi connectivity index (χ0) is 10.6. The van der Waals surface area contributed by atoms with Gasteiger partial charge < -0.3 is 5.32 Å². The second kappa shape index (κ2) is 5.41. The summed E-state index contributed by atoms with van der Waals surface area (Å²) in [5.74, 6) is 1.48. The maximum atomic E-state index is 4.25. The number of nitrogens with one attached hydrogen (secondary N) is 1. The van der Waals surface area contributed by atoms with E-state index >= 15 is 0 Å². The van der Waals surface area contributed by atoms with Crippen LogP contribution in [0.25, 0.3) is 0 Å². The molecule has 78 valence electrons. The Morgan fingerprint density at radius 3 is 2.36 bits per heavy atom. The predicted octanol–water partition coefficient (Wildman–Crippen LogP) is 2.03. The molecule has 0 saturated carbocycles. The lowest BCUT2D eigenvalue weighted by molar-refractivity contribution is 0.417. The van der Waals surface area contributed by atoms with E-state index in [1.807, 2.05) is 7.05 Å². The second-order valence-electron chi connectivity index (χ2n) is 3.66. The lowest BCUT2D eigenvalue weighted by Gasteiger charge is -2.18. The molecule has 0 radical (unpaired) electrons. The van der Waals surface area contributed by atoms with Gasteiger partial charge in [0.05, 0.1) is 4.47 Å². The molecule has 1 N–H and O–H groups in total. The van der Waals surface area contributed by atoms with Crippen molar-refractivity contribution in [1.29, 1.82) is 0 Å². The van der Waals surface area contributed by atoms with E-state index in [4.69, 9.17) is 0 Å². The van der Waals surface area contributed by atoms with E-state index in [1.165, 1.54) is 0 Å². The van der Waals surface area contributed by atoms with Crippen molar-refractivity contribution in [2.45, 2.75) is 26.3 Å². The van der Waals surface area contributed by atoms with E-state index in [1.54, 1.807) is 12.4 Å². The first-order valence-electron chi connectivity index (χ1n) is 4.77. The molecule has 1 atom stereocenters. The van der Waals surface area contributed by atoms with Gasteiger partial charge in [-0.2, -0.15) is 0 Å². The second-order valence-corrected chi connectivity index (χ2v) is 4.58. The van der Waals surface area contributed by atoms with Gasteiger partial charge in [0.15, 0.2) is 0 Å². The molecule has 0 fully saturated rings. The van der Waals surface area contributed by atoms with Crippen LogP contribution in [0.1, 0.15) is 19.7 Å². The van der Waals surface area contributed by atoms with E-state index in [-0.39, 0.29) is 0 Å². The largest absolute Gasteiger partial charge is 0.316 e. The van der Waals surface area contributed by atoms with Crippen LogP contribution in [0, 0.1) is 5.92 Å². The molecule has 0 aliphatic rings. The molecule has 4 heteroatoms. The summed E-state index contributed by atoms with van der Waals surface area (Å²) >= 11 is 3.32. The molecule has 0 spiro atoms. The first kappa shape index (κ1) is 11.6. The number of halogens is 1. The smallest absolute Gasteiger partial charge is 0.129 e. The summed E-state index contributed by atoms with van der Waals surface area (Å²) in [4.78, 5) is 8.50. The van der Waals surface area contributed by atoms with Gasteiger partial charge in [-0.1, -0.05) is 13.8 Å². The van der Waals surface area contributed by atoms with Crippen LogP contribution in [0.15, 0.2) is 16.9 Å². The van der Waals surface area contributed by atoms with Gasteiger partial charge in [0.25, 0.3) is 0 Å². The Labute approximate surface area is 93.5 Å². The zero-order valence-electron chi connectivity index (χ0n) is 8.79. The van der Waals surface area contributed by atoms with Gasteiger partial charge in [-0.3, -0.25) is 0 Å². The van der Waals surface area contributed by atoms with Crippen molar-refractivity contribution in [3.8, 4) is 0 Å². The summed E-state index contributed by atoms with van der Waals surface area (Å²) < 4.78 is 0.923. The molecule has 1 heterocycles. The highest BCUT2D eigenvalue weighted by atomic mass is 79.9. The minimum Gasteiger partial charge on any atom is -0.316 e. The Bertz CT molecular complexity index is 271. The molecular formula is C10H16BrN3. The SMILES string of the molecule is CNC(Cc1ncc(Br)cn1)C(C)C. The Balaban J connectivity index is 2.63. The van der Waals surface area contributed by atoms with Gasteiger partial charge >= 0.3 is 0 Å². The van der Waals surface area contributed by atoms with Crippen molar-refractivity contribution in [2.75, 3.05) is 7.05 Å². The van der Waals surface area contributed by atoms with Crippen molar-refractivity contribution in [2.24, 2.45) is 5.92 Å². The molecule has 1 aromatic heterocycles. The highest BCUT2D eigenvalue weighted by Gasteiger charge is 2.12. The molecule has 0 aliphatic carbocycles. The molecular weight excluding hydrogens is 242 g/mol. The summed E-state index contributed by atoms with van der Waals surface area (Å²) in [7, 11) is 1.98. The molecule has 0 amide bonds. The maximum Gasteiger partial charge on any atom is 0.129 e. The van der Waals surface area contributed by atoms with Gasteiger partial charge in [0, 0.05) is 24.9 Å². The Morgan fingerprint density at radius 2 is 1.93 bits per heavy atom. The first-order valence-corrected chi connectivity index (χ1v) is 5.56. The molecule has 0 saturated heterocycles. The van der Waals surface area contributed by atoms with Crippen molar-refractivity contribution in [3.05, 3.63) is 22.7 Å². The number of rotatable bonds is 4. The summed E-state index contributed by atoms with van der Waals surface area (Å²) in [6, 6.07) is 0.441. The normalized spacial score (nSPS) is 13.2. The molecule has 0 aliphatic heterocycles. The minimum absolute atomic E-state index is 0.441. The number of hydrogen-bond acceptors (Lipinski definition) is 3. The highest BCUT2D eigenvalue weighted by molar-refractivity contribution is 9.10. The minimum atomic E-state index is 0.441. The molecule has 1 rings (SSSR count). The quantitative estimate of drug-likeness (QED) is 0.897. The number of likely N-dealkylation sites (N-methyl/N-ethyl adjacent to an activating group) is 1. The maximum absolute atomic E-state index is 4.25. The third-order valence-electron chi connectivity index (χ3n) is 2.25. The fourth-order valence-corrected chi connectivity index (χ4v) is 1.52. The fraction of sp³-hybridized carbons (Fsp3) is 0.600. The zero-order valence-corrected chi connectivity index (χ0v) is 10.4. The van der Waals surface area contributed by atoms with E-state index in [0.717, 1.165) is 16.7 Å². The molecule has 0 bridgehead atoms. The van der Waals surface area contributed by atoms with Crippen LogP contribution in [0.2, 0.25) is 0 Å². The van der Waals surface area contributed by atoms with Crippen LogP contribution in [0.3, 0.4) is 0 Å². The number of hydrogen-bond donors (Lipinski definition) is 1. The van der Waals surface area contributed by atoms with E-state index < -0.39 is 0 Å². The van der Waals surface area contributed by atoms with E-state index in [9.17, 15) is 0 Å². The van der Waals surface area contributed by atoms with Crippen LogP contribution in [0.4, 0.5) is 0 Å². The third-order valence-corrected chi connectivity index (χ3v) is 2.66. The molecule has 1 aromatic rings. The average Bonchev–Trinajstić information content (AvgIpc) is 2.16. The summed E-state index contributed by atoms with van der Waals surface area (Å²) in [6.45, 7) is 4.39. The Morgan fingerprint density at radius 1 is 1.36 bits per heavy atom. The standard InChI is InChI=1S/C10H16BrN3/c1-7(2)9(12-3)4-10-13-5-8(11)6-14-10/h5-7,9,12H,4H2,1-3H3. The highest BCUT2D eigenvalue weighted by Crippen LogP contribution is 2.09. The number of nitrogens with zero attached hydrogens (tertiary/aromatic N) is 2. The van der Waals surface area contributed by atoms with Crippen LogP contribution in [-0.4, -0.2) is 23.1 Å². The number of aromatic nitrogens is 2. The van der Waals surface area contributed by atoms with Crippen molar-refractivity contribution in [3.63, 3.8) is 0 Å². The molecule has 14 heavy (non-hydrogen) atoms. The Kier molecular flexibility index (Phi) is 4.48. The molecule has 3 nitrogen and oxygen atoms in total. The summed E-state index contributed by atoms with van der Waals surface area (Å²) in [5, 5.41) is 3.27. The average molecular weight is 258 g/mol. The van der Waals surface area contributed by atoms with Gasteiger partial charge in [-0.15, -0.1) is 0 Å². The predicted molar refractivity (Wildman–Crippen MR) is 61.1 cm³/mol. The van der Waals surface area contributed by atoms with Gasteiger partial charge in [0.2, 0.25) is 0 Å². The Hall–Kier alpha value is -0.480. The van der Waals surface area contributed by atoms with Crippen molar-refractivity contribution >= 4 is 15.9 Å². The lowest BCUT2D eigenvalue weighted by Crippen LogP contribution is -2.33. The van der Waals surface area contributed by atoms with E-state index in [2.05, 4.69) is 45.1 Å². The van der Waals surface area contributed by atoms with Crippen LogP contribution < -0.4 is 5.32 Å². The monoisotopic (exact) mass is 257 g/mol. The van der Waals surface area contributed by atoms with Crippen LogP contribution in [0.5, 0.6) is 0 Å². The first-order chi connectivity index (χ1) is 6.63. The third kappa shape index (κ3) is 3.35. The van der Waals surface area contributed by atoms with Gasteiger partial charge in [0.1, 0.15) is 5.82 Å². The molecule has 0 aromatic carbocycles. The van der Waals surface area contributed by atoms with Crippen LogP contribution >= 0.6 is 15.9 Å². The van der Waals surface area contributed by atoms with Crippen LogP contribution in [-0.2, 0) is 6.42 Å². The summed E-state index contributed by atoms with van der Waals surface area (Å²) in [5.41, 5.74) is 0. The van der Waals surface area contributed by atoms with Crippen molar-refractivity contribution < 1.29 is 0 Å². The topological polar surface area (TPSA) is 37.8 Å². The van der Waals surface area contributed by atoms with Crippen molar-refractivity contribution in [1.82, 2.24) is 15.3 Å². The molecule has 1 unspecified atom stereocenters.